The molecule has 114 valence electrons. The van der Waals surface area contributed by atoms with Crippen LogP contribution in [-0.4, -0.2) is 31.1 Å². The van der Waals surface area contributed by atoms with Gasteiger partial charge in [0, 0.05) is 42.1 Å². The van der Waals surface area contributed by atoms with Gasteiger partial charge in [0.1, 0.15) is 5.82 Å². The van der Waals surface area contributed by atoms with Gasteiger partial charge in [0.25, 0.3) is 6.71 Å². The predicted octanol–water partition coefficient (Wildman–Crippen LogP) is 1.44. The summed E-state index contributed by atoms with van der Waals surface area (Å²) in [7, 11) is 1.88. The minimum atomic E-state index is 0.210. The molecule has 1 aliphatic heterocycles. The third kappa shape index (κ3) is 2.34. The summed E-state index contributed by atoms with van der Waals surface area (Å²) < 4.78 is 3.41. The number of fused-ring (bicyclic) bond motifs is 1. The van der Waals surface area contributed by atoms with Crippen molar-refractivity contribution in [3.05, 3.63) is 30.4 Å². The highest BCUT2D eigenvalue weighted by Gasteiger charge is 2.33. The monoisotopic (exact) mass is 305 g/mol. The molecular weight excluding hydrogens is 289 g/mol. The molecule has 8 heteroatoms. The van der Waals surface area contributed by atoms with Crippen molar-refractivity contribution in [2.45, 2.75) is 19.1 Å². The van der Waals surface area contributed by atoms with Gasteiger partial charge in [-0.3, -0.25) is 4.68 Å². The molecule has 0 aromatic carbocycles. The first-order chi connectivity index (χ1) is 11.1. The van der Waals surface area contributed by atoms with E-state index in [0.717, 1.165) is 41.5 Å². The van der Waals surface area contributed by atoms with E-state index in [9.17, 15) is 0 Å². The average molecular weight is 305 g/mol. The highest BCUT2D eigenvalue weighted by Crippen LogP contribution is 2.32. The first-order valence-corrected chi connectivity index (χ1v) is 7.66. The van der Waals surface area contributed by atoms with Gasteiger partial charge in [0.15, 0.2) is 5.65 Å². The number of nitrogens with zero attached hydrogens (tertiary/aromatic N) is 6. The zero-order valence-electron chi connectivity index (χ0n) is 12.8. The average Bonchev–Trinajstić information content (AvgIpc) is 3.08. The molecule has 0 bridgehead atoms. The summed E-state index contributed by atoms with van der Waals surface area (Å²) in [5.41, 5.74) is 9.74. The second kappa shape index (κ2) is 5.12. The Morgan fingerprint density at radius 1 is 1.39 bits per heavy atom. The molecule has 0 radical (unpaired) electrons. The van der Waals surface area contributed by atoms with Gasteiger partial charge < -0.3 is 5.73 Å². The Morgan fingerprint density at radius 2 is 2.22 bits per heavy atom. The van der Waals surface area contributed by atoms with Gasteiger partial charge >= 0.3 is 0 Å². The molecule has 3 aromatic rings. The number of nitriles is 1. The van der Waals surface area contributed by atoms with Crippen LogP contribution >= 0.6 is 0 Å². The molecule has 0 saturated carbocycles. The molecule has 1 fully saturated rings. The van der Waals surface area contributed by atoms with E-state index in [1.54, 1.807) is 21.6 Å². The van der Waals surface area contributed by atoms with Crippen molar-refractivity contribution >= 4 is 18.2 Å². The summed E-state index contributed by atoms with van der Waals surface area (Å²) >= 11 is 0. The van der Waals surface area contributed by atoms with Crippen LogP contribution in [0.15, 0.2) is 24.7 Å². The van der Waals surface area contributed by atoms with Gasteiger partial charge in [-0.1, -0.05) is 12.6 Å². The normalized spacial score (nSPS) is 14.9. The van der Waals surface area contributed by atoms with Crippen LogP contribution in [-0.2, 0) is 13.5 Å². The Hall–Kier alpha value is -2.82. The largest absolute Gasteiger partial charge is 0.384 e. The maximum absolute atomic E-state index is 8.89. The molecule has 0 amide bonds. The molecule has 0 spiro atoms. The Labute approximate surface area is 133 Å². The topological polar surface area (TPSA) is 97.8 Å². The number of aryl methyl sites for hydroxylation is 1. The van der Waals surface area contributed by atoms with Crippen molar-refractivity contribution in [3.63, 3.8) is 0 Å². The van der Waals surface area contributed by atoms with Crippen LogP contribution in [0.3, 0.4) is 0 Å². The quantitative estimate of drug-likeness (QED) is 0.738. The van der Waals surface area contributed by atoms with E-state index < -0.39 is 0 Å². The second-order valence-corrected chi connectivity index (χ2v) is 6.24. The van der Waals surface area contributed by atoms with E-state index in [-0.39, 0.29) is 6.71 Å². The number of aromatic nitrogens is 5. The van der Waals surface area contributed by atoms with Gasteiger partial charge in [0.05, 0.1) is 12.4 Å². The minimum absolute atomic E-state index is 0.210. The maximum atomic E-state index is 8.89. The van der Waals surface area contributed by atoms with Crippen molar-refractivity contribution in [2.75, 3.05) is 5.73 Å². The van der Waals surface area contributed by atoms with E-state index in [1.807, 2.05) is 19.3 Å². The van der Waals surface area contributed by atoms with Gasteiger partial charge in [-0.25, -0.2) is 10.2 Å². The van der Waals surface area contributed by atoms with Gasteiger partial charge in [-0.2, -0.15) is 14.7 Å². The summed E-state index contributed by atoms with van der Waals surface area (Å²) in [6, 6.07) is 1.88. The fraction of sp³-hybridized carbons (Fsp3) is 0.333. The van der Waals surface area contributed by atoms with Crippen LogP contribution in [0.25, 0.3) is 16.8 Å². The maximum Gasteiger partial charge on any atom is 0.268 e. The Bertz CT molecular complexity index is 914. The zero-order valence-corrected chi connectivity index (χ0v) is 12.8. The molecule has 23 heavy (non-hydrogen) atoms. The van der Waals surface area contributed by atoms with Crippen LogP contribution in [0.2, 0.25) is 12.6 Å². The van der Waals surface area contributed by atoms with E-state index >= 15 is 0 Å². The van der Waals surface area contributed by atoms with Crippen LogP contribution in [0.4, 0.5) is 5.82 Å². The van der Waals surface area contributed by atoms with Crippen LogP contribution in [0, 0.1) is 17.1 Å². The fourth-order valence-electron chi connectivity index (χ4n) is 3.21. The number of anilines is 1. The van der Waals surface area contributed by atoms with Crippen LogP contribution < -0.4 is 5.73 Å². The third-order valence-electron chi connectivity index (χ3n) is 4.48. The summed E-state index contributed by atoms with van der Waals surface area (Å²) in [6.07, 6.45) is 8.27. The molecule has 0 unspecified atom stereocenters. The highest BCUT2D eigenvalue weighted by atomic mass is 15.3. The molecule has 3 aromatic heterocycles. The molecular formula is C15H16BN7. The van der Waals surface area contributed by atoms with E-state index in [0.29, 0.717) is 11.7 Å². The minimum Gasteiger partial charge on any atom is -0.384 e. The first-order valence-electron chi connectivity index (χ1n) is 7.66. The van der Waals surface area contributed by atoms with Crippen molar-refractivity contribution in [1.82, 2.24) is 24.4 Å². The molecule has 1 aliphatic rings. The molecule has 2 N–H and O–H groups in total. The SMILES string of the molecule is Cn1cc(-c2cnn3c(N)cc(CC4CB(C#N)C4)nc23)cn1. The lowest BCUT2D eigenvalue weighted by Crippen LogP contribution is -2.31. The Kier molecular flexibility index (Phi) is 3.08. The van der Waals surface area contributed by atoms with Crippen LogP contribution in [0.1, 0.15) is 5.69 Å². The third-order valence-corrected chi connectivity index (χ3v) is 4.48. The second-order valence-electron chi connectivity index (χ2n) is 6.24. The number of nitrogen functional groups attached to an aromatic ring is 1. The number of hydrogen-bond acceptors (Lipinski definition) is 5. The predicted molar refractivity (Wildman–Crippen MR) is 87.8 cm³/mol. The summed E-state index contributed by atoms with van der Waals surface area (Å²) in [5.74, 6) is 3.43. The lowest BCUT2D eigenvalue weighted by molar-refractivity contribution is 0.575. The molecule has 0 atom stereocenters. The molecule has 0 aliphatic carbocycles. The molecule has 1 saturated heterocycles. The lowest BCUT2D eigenvalue weighted by atomic mass is 9.32. The van der Waals surface area contributed by atoms with Crippen molar-refractivity contribution in [3.8, 4) is 17.1 Å². The van der Waals surface area contributed by atoms with E-state index in [2.05, 4.69) is 16.2 Å². The fourth-order valence-corrected chi connectivity index (χ4v) is 3.21. The van der Waals surface area contributed by atoms with Crippen molar-refractivity contribution in [1.29, 1.82) is 5.26 Å². The lowest BCUT2D eigenvalue weighted by Gasteiger charge is -2.27. The Morgan fingerprint density at radius 3 is 2.91 bits per heavy atom. The summed E-state index contributed by atoms with van der Waals surface area (Å²) in [6.45, 7) is 0.210. The molecule has 7 nitrogen and oxygen atoms in total. The van der Waals surface area contributed by atoms with Gasteiger partial charge in [-0.05, 0) is 12.3 Å². The smallest absolute Gasteiger partial charge is 0.268 e. The number of nitrogens with two attached hydrogens (primary N) is 1. The molecule has 4 rings (SSSR count). The van der Waals surface area contributed by atoms with Crippen molar-refractivity contribution in [2.24, 2.45) is 13.0 Å². The van der Waals surface area contributed by atoms with Gasteiger partial charge in [-0.15, -0.1) is 0 Å². The Balaban J connectivity index is 1.69. The van der Waals surface area contributed by atoms with E-state index in [1.165, 1.54) is 0 Å². The van der Waals surface area contributed by atoms with Crippen molar-refractivity contribution < 1.29 is 0 Å². The summed E-state index contributed by atoms with van der Waals surface area (Å²) in [5, 5.41) is 17.4. The zero-order chi connectivity index (χ0) is 16.0. The van der Waals surface area contributed by atoms with E-state index in [4.69, 9.17) is 16.0 Å². The summed E-state index contributed by atoms with van der Waals surface area (Å²) in [4.78, 5) is 4.75. The van der Waals surface area contributed by atoms with Gasteiger partial charge in [0.2, 0.25) is 0 Å². The van der Waals surface area contributed by atoms with Crippen LogP contribution in [0.5, 0.6) is 0 Å². The molecule has 4 heterocycles. The first kappa shape index (κ1) is 13.8. The standard InChI is InChI=1S/C15H16BN7/c1-22-8-11(6-19-22)13-7-20-23-14(18)3-12(21-15(13)23)2-10-4-16(5-10)9-17/h3,6-8,10H,2,4-5,18H2,1H3. The number of rotatable bonds is 3. The number of hydrogen-bond donors (Lipinski definition) is 1. The highest BCUT2D eigenvalue weighted by molar-refractivity contribution is 6.69.